The van der Waals surface area contributed by atoms with Gasteiger partial charge in [-0.25, -0.2) is 8.42 Å². The van der Waals surface area contributed by atoms with Crippen molar-refractivity contribution in [3.05, 3.63) is 58.9 Å². The number of benzene rings is 2. The van der Waals surface area contributed by atoms with Gasteiger partial charge in [-0.1, -0.05) is 17.7 Å². The van der Waals surface area contributed by atoms with Gasteiger partial charge in [0.15, 0.2) is 15.7 Å². The third kappa shape index (κ3) is 3.97. The van der Waals surface area contributed by atoms with Crippen LogP contribution in [0.15, 0.2) is 47.4 Å². The fraction of sp³-hybridized carbons (Fsp3) is 0.188. The number of hydrogen-bond donors (Lipinski definition) is 1. The molecule has 0 radical (unpaired) electrons. The Morgan fingerprint density at radius 3 is 2.52 bits per heavy atom. The van der Waals surface area contributed by atoms with Gasteiger partial charge >= 0.3 is 0 Å². The zero-order valence-corrected chi connectivity index (χ0v) is 15.2. The predicted octanol–water partition coefficient (Wildman–Crippen LogP) is 2.64. The molecular weight excluding hydrogens is 362 g/mol. The van der Waals surface area contributed by atoms with E-state index in [2.05, 4.69) is 20.8 Å². The van der Waals surface area contributed by atoms with Crippen LogP contribution in [0.4, 0.5) is 5.69 Å². The van der Waals surface area contributed by atoms with Crippen molar-refractivity contribution < 1.29 is 8.42 Å². The maximum atomic E-state index is 11.5. The maximum Gasteiger partial charge on any atom is 0.175 e. The molecule has 0 aliphatic heterocycles. The van der Waals surface area contributed by atoms with Crippen molar-refractivity contribution in [2.24, 2.45) is 0 Å². The van der Waals surface area contributed by atoms with Crippen molar-refractivity contribution in [2.75, 3.05) is 11.6 Å². The molecule has 0 spiro atoms. The number of tetrazole rings is 1. The molecule has 1 N–H and O–H groups in total. The molecule has 2 aromatic carbocycles. The van der Waals surface area contributed by atoms with Gasteiger partial charge in [0.25, 0.3) is 0 Å². The van der Waals surface area contributed by atoms with E-state index >= 15 is 0 Å². The summed E-state index contributed by atoms with van der Waals surface area (Å²) in [6.07, 6.45) is 1.17. The van der Waals surface area contributed by atoms with Crippen LogP contribution in [0.3, 0.4) is 0 Å². The van der Waals surface area contributed by atoms with E-state index in [4.69, 9.17) is 11.6 Å². The molecule has 1 aromatic heterocycles. The van der Waals surface area contributed by atoms with Gasteiger partial charge in [0.05, 0.1) is 27.8 Å². The summed E-state index contributed by atoms with van der Waals surface area (Å²) in [6.45, 7) is 2.33. The highest BCUT2D eigenvalue weighted by molar-refractivity contribution is 7.90. The van der Waals surface area contributed by atoms with Crippen LogP contribution in [0.25, 0.3) is 5.69 Å². The highest BCUT2D eigenvalue weighted by Crippen LogP contribution is 2.23. The van der Waals surface area contributed by atoms with Crippen LogP contribution in [0.5, 0.6) is 0 Å². The number of halogens is 1. The van der Waals surface area contributed by atoms with Gasteiger partial charge in [-0.3, -0.25) is 0 Å². The summed E-state index contributed by atoms with van der Waals surface area (Å²) in [5.41, 5.74) is 2.53. The van der Waals surface area contributed by atoms with E-state index < -0.39 is 9.84 Å². The lowest BCUT2D eigenvalue weighted by atomic mass is 10.2. The molecular formula is C16H16ClN5O2S. The Labute approximate surface area is 150 Å². The van der Waals surface area contributed by atoms with Gasteiger partial charge in [0.1, 0.15) is 0 Å². The van der Waals surface area contributed by atoms with Crippen LogP contribution >= 0.6 is 11.6 Å². The Hall–Kier alpha value is -2.45. The number of aryl methyl sites for hydroxylation is 1. The van der Waals surface area contributed by atoms with Crippen LogP contribution in [0, 0.1) is 6.92 Å². The van der Waals surface area contributed by atoms with E-state index in [0.29, 0.717) is 23.1 Å². The van der Waals surface area contributed by atoms with Crippen molar-refractivity contribution in [1.82, 2.24) is 20.2 Å². The second-order valence-electron chi connectivity index (χ2n) is 5.61. The molecule has 3 aromatic rings. The van der Waals surface area contributed by atoms with Gasteiger partial charge < -0.3 is 5.32 Å². The van der Waals surface area contributed by atoms with Crippen LogP contribution in [-0.4, -0.2) is 34.9 Å². The minimum absolute atomic E-state index is 0.246. The van der Waals surface area contributed by atoms with Gasteiger partial charge in [0, 0.05) is 6.26 Å². The summed E-state index contributed by atoms with van der Waals surface area (Å²) >= 11 is 6.21. The molecule has 0 fully saturated rings. The highest BCUT2D eigenvalue weighted by Gasteiger charge is 2.11. The lowest BCUT2D eigenvalue weighted by Crippen LogP contribution is -2.09. The average molecular weight is 378 g/mol. The number of nitrogens with one attached hydrogen (secondary N) is 1. The van der Waals surface area contributed by atoms with Crippen LogP contribution in [0.1, 0.15) is 11.4 Å². The SMILES string of the molecule is Cc1ccc(NCc2nnnn2-c2ccc(S(C)(=O)=O)cc2)c(Cl)c1. The van der Waals surface area contributed by atoms with E-state index in [0.717, 1.165) is 11.3 Å². The first kappa shape index (κ1) is 17.4. The lowest BCUT2D eigenvalue weighted by molar-refractivity contribution is 0.602. The molecule has 7 nitrogen and oxygen atoms in total. The van der Waals surface area contributed by atoms with E-state index in [1.165, 1.54) is 18.4 Å². The molecule has 0 saturated carbocycles. The smallest absolute Gasteiger partial charge is 0.175 e. The largest absolute Gasteiger partial charge is 0.376 e. The summed E-state index contributed by atoms with van der Waals surface area (Å²) in [5.74, 6) is 0.573. The zero-order chi connectivity index (χ0) is 18.0. The molecule has 0 unspecified atom stereocenters. The molecule has 0 bridgehead atoms. The molecule has 0 aliphatic rings. The van der Waals surface area contributed by atoms with Crippen LogP contribution < -0.4 is 5.32 Å². The first-order valence-electron chi connectivity index (χ1n) is 7.42. The zero-order valence-electron chi connectivity index (χ0n) is 13.6. The van der Waals surface area contributed by atoms with E-state index in [-0.39, 0.29) is 4.90 Å². The van der Waals surface area contributed by atoms with Crippen molar-refractivity contribution in [3.63, 3.8) is 0 Å². The number of sulfone groups is 1. The minimum Gasteiger partial charge on any atom is -0.376 e. The van der Waals surface area contributed by atoms with Crippen molar-refractivity contribution in [3.8, 4) is 5.69 Å². The van der Waals surface area contributed by atoms with E-state index in [1.807, 2.05) is 25.1 Å². The Bertz CT molecular complexity index is 1000. The van der Waals surface area contributed by atoms with Gasteiger partial charge in [-0.15, -0.1) is 5.10 Å². The van der Waals surface area contributed by atoms with Crippen molar-refractivity contribution in [1.29, 1.82) is 0 Å². The third-order valence-corrected chi connectivity index (χ3v) is 5.05. The quantitative estimate of drug-likeness (QED) is 0.735. The summed E-state index contributed by atoms with van der Waals surface area (Å²) < 4.78 is 24.6. The Balaban J connectivity index is 1.81. The molecule has 0 atom stereocenters. The van der Waals surface area contributed by atoms with Gasteiger partial charge in [0.2, 0.25) is 0 Å². The normalized spacial score (nSPS) is 11.5. The fourth-order valence-corrected chi connectivity index (χ4v) is 3.22. The van der Waals surface area contributed by atoms with Gasteiger partial charge in [-0.05, 0) is 59.3 Å². The van der Waals surface area contributed by atoms with E-state index in [9.17, 15) is 8.42 Å². The Morgan fingerprint density at radius 2 is 1.88 bits per heavy atom. The van der Waals surface area contributed by atoms with Gasteiger partial charge in [-0.2, -0.15) is 4.68 Å². The monoisotopic (exact) mass is 377 g/mol. The first-order valence-corrected chi connectivity index (χ1v) is 9.69. The first-order chi connectivity index (χ1) is 11.8. The number of aromatic nitrogens is 4. The Morgan fingerprint density at radius 1 is 1.16 bits per heavy atom. The number of anilines is 1. The second-order valence-corrected chi connectivity index (χ2v) is 8.03. The fourth-order valence-electron chi connectivity index (χ4n) is 2.29. The molecule has 130 valence electrons. The molecule has 9 heteroatoms. The third-order valence-electron chi connectivity index (χ3n) is 3.61. The minimum atomic E-state index is -3.24. The molecule has 0 aliphatic carbocycles. The molecule has 0 amide bonds. The second kappa shape index (κ2) is 6.81. The molecule has 25 heavy (non-hydrogen) atoms. The molecule has 3 rings (SSSR count). The molecule has 1 heterocycles. The average Bonchev–Trinajstić information content (AvgIpc) is 3.02. The lowest BCUT2D eigenvalue weighted by Gasteiger charge is -2.09. The number of nitrogens with zero attached hydrogens (tertiary/aromatic N) is 4. The summed E-state index contributed by atoms with van der Waals surface area (Å²) in [4.78, 5) is 0.246. The maximum absolute atomic E-state index is 11.5. The Kier molecular flexibility index (Phi) is 4.73. The summed E-state index contributed by atoms with van der Waals surface area (Å²) in [7, 11) is -3.24. The summed E-state index contributed by atoms with van der Waals surface area (Å²) in [5, 5.41) is 15.5. The van der Waals surface area contributed by atoms with Crippen molar-refractivity contribution >= 4 is 27.1 Å². The molecule has 0 saturated heterocycles. The van der Waals surface area contributed by atoms with Crippen LogP contribution in [0.2, 0.25) is 5.02 Å². The highest BCUT2D eigenvalue weighted by atomic mass is 35.5. The predicted molar refractivity (Wildman–Crippen MR) is 95.8 cm³/mol. The number of hydrogen-bond acceptors (Lipinski definition) is 6. The number of rotatable bonds is 5. The van der Waals surface area contributed by atoms with Crippen molar-refractivity contribution in [2.45, 2.75) is 18.4 Å². The summed E-state index contributed by atoms with van der Waals surface area (Å²) in [6, 6.07) is 12.1. The topological polar surface area (TPSA) is 89.8 Å². The van der Waals surface area contributed by atoms with Crippen LogP contribution in [-0.2, 0) is 16.4 Å². The van der Waals surface area contributed by atoms with E-state index in [1.54, 1.807) is 16.8 Å². The standard InChI is InChI=1S/C16H16ClN5O2S/c1-11-3-8-15(14(17)9-11)18-10-16-19-20-21-22(16)12-4-6-13(7-5-12)25(2,23)24/h3-9,18H,10H2,1-2H3.